The summed E-state index contributed by atoms with van der Waals surface area (Å²) in [5.41, 5.74) is 1.07. The van der Waals surface area contributed by atoms with Crippen LogP contribution in [0.4, 0.5) is 0 Å². The van der Waals surface area contributed by atoms with E-state index in [4.69, 9.17) is 0 Å². The van der Waals surface area contributed by atoms with Gasteiger partial charge in [0.1, 0.15) is 5.69 Å². The Labute approximate surface area is 111 Å². The maximum atomic E-state index is 12.1. The largest absolute Gasteiger partial charge is 0.350 e. The fourth-order valence-corrected chi connectivity index (χ4v) is 2.73. The van der Waals surface area contributed by atoms with Crippen molar-refractivity contribution >= 4 is 21.8 Å². The molecule has 17 heavy (non-hydrogen) atoms. The summed E-state index contributed by atoms with van der Waals surface area (Å²) in [7, 11) is 0. The number of hydrogen-bond donors (Lipinski definition) is 1. The van der Waals surface area contributed by atoms with Crippen LogP contribution >= 0.6 is 15.9 Å². The molecule has 0 atom stereocenters. The van der Waals surface area contributed by atoms with Gasteiger partial charge in [-0.15, -0.1) is 0 Å². The van der Waals surface area contributed by atoms with Gasteiger partial charge in [0.05, 0.1) is 0 Å². The summed E-state index contributed by atoms with van der Waals surface area (Å²) in [6.45, 7) is 5.88. The Kier molecular flexibility index (Phi) is 3.61. The molecule has 2 rings (SSSR count). The number of amides is 1. The molecule has 3 nitrogen and oxygen atoms in total. The van der Waals surface area contributed by atoms with Gasteiger partial charge in [-0.25, -0.2) is 0 Å². The van der Waals surface area contributed by atoms with Crippen LogP contribution in [-0.4, -0.2) is 17.0 Å². The Morgan fingerprint density at radius 3 is 2.82 bits per heavy atom. The lowest BCUT2D eigenvalue weighted by molar-refractivity contribution is 0.0882. The van der Waals surface area contributed by atoms with Gasteiger partial charge < -0.3 is 9.88 Å². The monoisotopic (exact) mass is 298 g/mol. The molecule has 1 aromatic rings. The molecule has 0 unspecified atom stereocenters. The standard InChI is InChI=1S/C13H19BrN2O/c1-3-16-8-10(14)7-11(16)12(17)15-9-13(2)5-4-6-13/h7-8H,3-6,9H2,1-2H3,(H,15,17). The number of nitrogens with one attached hydrogen (secondary N) is 1. The number of aromatic nitrogens is 1. The van der Waals surface area contributed by atoms with Crippen molar-refractivity contribution in [2.75, 3.05) is 6.54 Å². The van der Waals surface area contributed by atoms with Crippen LogP contribution in [0.5, 0.6) is 0 Å². The van der Waals surface area contributed by atoms with Crippen molar-refractivity contribution in [1.29, 1.82) is 0 Å². The van der Waals surface area contributed by atoms with Crippen molar-refractivity contribution in [1.82, 2.24) is 9.88 Å². The summed E-state index contributed by atoms with van der Waals surface area (Å²) in [5.74, 6) is 0.0330. The van der Waals surface area contributed by atoms with Crippen LogP contribution in [0.1, 0.15) is 43.6 Å². The maximum absolute atomic E-state index is 12.1. The zero-order chi connectivity index (χ0) is 12.5. The first kappa shape index (κ1) is 12.7. The van der Waals surface area contributed by atoms with Crippen molar-refractivity contribution in [2.45, 2.75) is 39.7 Å². The lowest BCUT2D eigenvalue weighted by Gasteiger charge is -2.38. The summed E-state index contributed by atoms with van der Waals surface area (Å²) in [6, 6.07) is 1.88. The van der Waals surface area contributed by atoms with E-state index >= 15 is 0 Å². The van der Waals surface area contributed by atoms with Crippen LogP contribution in [0.25, 0.3) is 0 Å². The minimum atomic E-state index is 0.0330. The molecule has 0 radical (unpaired) electrons. The molecule has 1 heterocycles. The molecule has 0 bridgehead atoms. The Balaban J connectivity index is 1.99. The second kappa shape index (κ2) is 4.84. The molecule has 1 aliphatic rings. The zero-order valence-corrected chi connectivity index (χ0v) is 12.0. The predicted molar refractivity (Wildman–Crippen MR) is 72.1 cm³/mol. The molecule has 0 saturated heterocycles. The highest BCUT2D eigenvalue weighted by Gasteiger charge is 2.32. The molecular formula is C13H19BrN2O. The van der Waals surface area contributed by atoms with Crippen molar-refractivity contribution < 1.29 is 4.79 Å². The molecule has 1 N–H and O–H groups in total. The van der Waals surface area contributed by atoms with Crippen molar-refractivity contribution in [3.05, 3.63) is 22.4 Å². The average Bonchev–Trinajstić information content (AvgIpc) is 2.64. The van der Waals surface area contributed by atoms with E-state index in [1.807, 2.05) is 23.8 Å². The average molecular weight is 299 g/mol. The molecule has 94 valence electrons. The van der Waals surface area contributed by atoms with E-state index < -0.39 is 0 Å². The van der Waals surface area contributed by atoms with Crippen molar-refractivity contribution in [3.63, 3.8) is 0 Å². The first-order valence-corrected chi connectivity index (χ1v) is 6.97. The molecule has 1 amide bonds. The van der Waals surface area contributed by atoms with Crippen molar-refractivity contribution in [3.8, 4) is 0 Å². The fraction of sp³-hybridized carbons (Fsp3) is 0.615. The number of nitrogens with zero attached hydrogens (tertiary/aromatic N) is 1. The van der Waals surface area contributed by atoms with E-state index in [1.54, 1.807) is 0 Å². The Morgan fingerprint density at radius 1 is 1.59 bits per heavy atom. The summed E-state index contributed by atoms with van der Waals surface area (Å²) < 4.78 is 2.92. The number of halogens is 1. The molecule has 1 aliphatic carbocycles. The zero-order valence-electron chi connectivity index (χ0n) is 10.4. The first-order chi connectivity index (χ1) is 8.04. The van der Waals surface area contributed by atoms with E-state index in [-0.39, 0.29) is 5.91 Å². The normalized spacial score (nSPS) is 17.6. The third kappa shape index (κ3) is 2.73. The minimum Gasteiger partial charge on any atom is -0.350 e. The minimum absolute atomic E-state index is 0.0330. The molecule has 0 spiro atoms. The number of carbonyl (C=O) groups is 1. The van der Waals surface area contributed by atoms with E-state index in [0.29, 0.717) is 5.41 Å². The van der Waals surface area contributed by atoms with E-state index in [2.05, 4.69) is 28.2 Å². The van der Waals surface area contributed by atoms with Gasteiger partial charge in [0.15, 0.2) is 0 Å². The Bertz CT molecular complexity index is 421. The van der Waals surface area contributed by atoms with Gasteiger partial charge >= 0.3 is 0 Å². The van der Waals surface area contributed by atoms with Crippen LogP contribution in [0.2, 0.25) is 0 Å². The third-order valence-corrected chi connectivity index (χ3v) is 4.11. The van der Waals surface area contributed by atoms with Gasteiger partial charge in [-0.05, 0) is 47.2 Å². The highest BCUT2D eigenvalue weighted by molar-refractivity contribution is 9.10. The molecule has 4 heteroatoms. The van der Waals surface area contributed by atoms with E-state index in [9.17, 15) is 4.79 Å². The van der Waals surface area contributed by atoms with Crippen LogP contribution in [0.3, 0.4) is 0 Å². The smallest absolute Gasteiger partial charge is 0.267 e. The summed E-state index contributed by atoms with van der Waals surface area (Å²) in [4.78, 5) is 12.1. The molecule has 1 aromatic heterocycles. The second-order valence-electron chi connectivity index (χ2n) is 5.18. The summed E-state index contributed by atoms with van der Waals surface area (Å²) >= 11 is 3.41. The van der Waals surface area contributed by atoms with Gasteiger partial charge in [-0.3, -0.25) is 4.79 Å². The lowest BCUT2D eigenvalue weighted by atomic mass is 9.70. The quantitative estimate of drug-likeness (QED) is 0.910. The molecule has 0 aromatic carbocycles. The summed E-state index contributed by atoms with van der Waals surface area (Å²) in [6.07, 6.45) is 5.70. The lowest BCUT2D eigenvalue weighted by Crippen LogP contribution is -2.40. The van der Waals surface area contributed by atoms with Crippen LogP contribution in [0, 0.1) is 5.41 Å². The molecule has 1 saturated carbocycles. The van der Waals surface area contributed by atoms with Crippen LogP contribution in [-0.2, 0) is 6.54 Å². The van der Waals surface area contributed by atoms with Crippen LogP contribution in [0.15, 0.2) is 16.7 Å². The Hall–Kier alpha value is -0.770. The predicted octanol–water partition coefficient (Wildman–Crippen LogP) is 3.19. The van der Waals surface area contributed by atoms with Gasteiger partial charge in [-0.2, -0.15) is 0 Å². The number of carbonyl (C=O) groups excluding carboxylic acids is 1. The second-order valence-corrected chi connectivity index (χ2v) is 6.09. The fourth-order valence-electron chi connectivity index (χ4n) is 2.27. The van der Waals surface area contributed by atoms with Crippen molar-refractivity contribution in [2.24, 2.45) is 5.41 Å². The SMILES string of the molecule is CCn1cc(Br)cc1C(=O)NCC1(C)CCC1. The first-order valence-electron chi connectivity index (χ1n) is 6.18. The highest BCUT2D eigenvalue weighted by atomic mass is 79.9. The van der Waals surface area contributed by atoms with Gasteiger partial charge in [0.25, 0.3) is 5.91 Å². The number of aryl methyl sites for hydroxylation is 1. The third-order valence-electron chi connectivity index (χ3n) is 3.67. The molecule has 0 aliphatic heterocycles. The molecule has 1 fully saturated rings. The number of rotatable bonds is 4. The number of hydrogen-bond acceptors (Lipinski definition) is 1. The summed E-state index contributed by atoms with van der Waals surface area (Å²) in [5, 5.41) is 3.05. The van der Waals surface area contributed by atoms with Gasteiger partial charge in [-0.1, -0.05) is 13.3 Å². The highest BCUT2D eigenvalue weighted by Crippen LogP contribution is 2.39. The Morgan fingerprint density at radius 2 is 2.29 bits per heavy atom. The maximum Gasteiger partial charge on any atom is 0.267 e. The van der Waals surface area contributed by atoms with Crippen LogP contribution < -0.4 is 5.32 Å². The van der Waals surface area contributed by atoms with E-state index in [0.717, 1.165) is 23.3 Å². The topological polar surface area (TPSA) is 34.0 Å². The van der Waals surface area contributed by atoms with Gasteiger partial charge in [0, 0.05) is 23.8 Å². The van der Waals surface area contributed by atoms with E-state index in [1.165, 1.54) is 19.3 Å². The van der Waals surface area contributed by atoms with Gasteiger partial charge in [0.2, 0.25) is 0 Å². The molecular weight excluding hydrogens is 280 g/mol.